The highest BCUT2D eigenvalue weighted by Gasteiger charge is 2.68. The van der Waals surface area contributed by atoms with Crippen LogP contribution in [0.5, 0.6) is 5.75 Å². The van der Waals surface area contributed by atoms with Crippen molar-refractivity contribution < 1.29 is 28.4 Å². The van der Waals surface area contributed by atoms with Gasteiger partial charge in [-0.05, 0) is 82.8 Å². The molecule has 0 spiro atoms. The van der Waals surface area contributed by atoms with Crippen LogP contribution in [0.4, 0.5) is 0 Å². The van der Waals surface area contributed by atoms with Gasteiger partial charge in [0.15, 0.2) is 0 Å². The third kappa shape index (κ3) is 5.25. The zero-order valence-corrected chi connectivity index (χ0v) is 24.8. The summed E-state index contributed by atoms with van der Waals surface area (Å²) in [7, 11) is 0.862. The second-order valence-electron chi connectivity index (χ2n) is 13.2. The first-order valence-electron chi connectivity index (χ1n) is 14.1. The number of amides is 1. The van der Waals surface area contributed by atoms with Gasteiger partial charge in [-0.15, -0.1) is 10.2 Å². The first-order chi connectivity index (χ1) is 18.7. The van der Waals surface area contributed by atoms with Crippen LogP contribution >= 0.6 is 0 Å². The molecule has 10 nitrogen and oxygen atoms in total. The van der Waals surface area contributed by atoms with Crippen molar-refractivity contribution in [1.82, 2.24) is 20.5 Å². The second kappa shape index (κ2) is 10.2. The third-order valence-corrected chi connectivity index (χ3v) is 8.98. The van der Waals surface area contributed by atoms with Crippen molar-refractivity contribution in [2.75, 3.05) is 7.11 Å². The normalized spacial score (nSPS) is 27.4. The molecule has 1 amide bonds. The van der Waals surface area contributed by atoms with E-state index >= 15 is 0 Å². The van der Waals surface area contributed by atoms with Crippen molar-refractivity contribution in [3.05, 3.63) is 41.0 Å². The number of aromatic amines is 1. The number of H-pyrrole nitrogens is 1. The number of benzene rings is 1. The average Bonchev–Trinajstić information content (AvgIpc) is 3.43. The SMILES string of the molecule is COc1c(C[C@H](NC(=O)Cc2nnc(C)[nH]2)B2O[C@@H]3C[C@@H]4C[C@@H](C4(C)C)[C@]3(C)O2)cccc1C(=O)OC(C)(C)C. The Kier molecular flexibility index (Phi) is 7.27. The Morgan fingerprint density at radius 2 is 1.98 bits per heavy atom. The molecule has 2 bridgehead atoms. The number of aromatic nitrogens is 3. The number of para-hydroxylation sites is 1. The molecular formula is C29H41BN4O6. The summed E-state index contributed by atoms with van der Waals surface area (Å²) in [4.78, 5) is 29.2. The average molecular weight is 552 g/mol. The highest BCUT2D eigenvalue weighted by molar-refractivity contribution is 6.48. The second-order valence-corrected chi connectivity index (χ2v) is 13.2. The van der Waals surface area contributed by atoms with Gasteiger partial charge in [-0.3, -0.25) is 4.79 Å². The van der Waals surface area contributed by atoms with E-state index in [2.05, 4.69) is 41.3 Å². The lowest BCUT2D eigenvalue weighted by Gasteiger charge is -2.64. The Bertz CT molecular complexity index is 1290. The van der Waals surface area contributed by atoms with Gasteiger partial charge in [0, 0.05) is 0 Å². The van der Waals surface area contributed by atoms with Gasteiger partial charge in [-0.2, -0.15) is 0 Å². The minimum atomic E-state index is -0.666. The lowest BCUT2D eigenvalue weighted by molar-refractivity contribution is -0.199. The van der Waals surface area contributed by atoms with Crippen molar-refractivity contribution in [2.45, 2.75) is 97.4 Å². The number of rotatable bonds is 8. The molecule has 1 aliphatic heterocycles. The van der Waals surface area contributed by atoms with Crippen LogP contribution in [0.3, 0.4) is 0 Å². The summed E-state index contributed by atoms with van der Waals surface area (Å²) in [6, 6.07) is 5.36. The molecule has 4 aliphatic rings. The van der Waals surface area contributed by atoms with E-state index in [1.54, 1.807) is 19.1 Å². The summed E-state index contributed by atoms with van der Waals surface area (Å²) >= 11 is 0. The Labute approximate surface area is 236 Å². The number of hydrogen-bond donors (Lipinski definition) is 2. The van der Waals surface area contributed by atoms with Crippen LogP contribution in [-0.4, -0.2) is 64.5 Å². The molecule has 1 saturated heterocycles. The summed E-state index contributed by atoms with van der Waals surface area (Å²) in [5, 5.41) is 11.1. The zero-order valence-electron chi connectivity index (χ0n) is 24.8. The number of nitrogens with one attached hydrogen (secondary N) is 2. The molecule has 2 aromatic rings. The summed E-state index contributed by atoms with van der Waals surface area (Å²) in [5.74, 6) is 1.27. The van der Waals surface area contributed by atoms with Gasteiger partial charge < -0.3 is 29.1 Å². The first kappa shape index (κ1) is 28.6. The van der Waals surface area contributed by atoms with E-state index in [4.69, 9.17) is 18.8 Å². The van der Waals surface area contributed by atoms with Crippen molar-refractivity contribution in [3.63, 3.8) is 0 Å². The number of carbonyl (C=O) groups is 2. The standard InChI is InChI=1S/C29H41BN4O6/c1-16-31-23(34-33-16)15-24(35)32-22(30-39-21-14-18-13-20(28(18,5)6)29(21,7)40-30)12-17-10-9-11-19(25(17)37-8)26(36)38-27(2,3)4/h9-11,18,20-22H,12-15H2,1-8H3,(H,32,35)(H,31,33,34)/t18-,20-,21+,22-,29-/m0/s1. The van der Waals surface area contributed by atoms with Crippen LogP contribution in [0.1, 0.15) is 82.0 Å². The van der Waals surface area contributed by atoms with E-state index in [1.165, 1.54) is 7.11 Å². The van der Waals surface area contributed by atoms with E-state index < -0.39 is 30.2 Å². The molecule has 4 fully saturated rings. The molecule has 3 aliphatic carbocycles. The highest BCUT2D eigenvalue weighted by atomic mass is 16.7. The number of esters is 1. The largest absolute Gasteiger partial charge is 0.496 e. The minimum absolute atomic E-state index is 0.0393. The maximum atomic E-state index is 13.2. The Morgan fingerprint density at radius 1 is 1.23 bits per heavy atom. The lowest BCUT2D eigenvalue weighted by Crippen LogP contribution is -2.65. The number of nitrogens with zero attached hydrogens (tertiary/aromatic N) is 2. The fraction of sp³-hybridized carbons (Fsp3) is 0.655. The molecule has 216 valence electrons. The maximum Gasteiger partial charge on any atom is 0.482 e. The van der Waals surface area contributed by atoms with Gasteiger partial charge in [0.25, 0.3) is 0 Å². The minimum Gasteiger partial charge on any atom is -0.496 e. The van der Waals surface area contributed by atoms with E-state index in [9.17, 15) is 9.59 Å². The van der Waals surface area contributed by atoms with Crippen molar-refractivity contribution in [3.8, 4) is 5.75 Å². The van der Waals surface area contributed by atoms with Gasteiger partial charge in [0.05, 0.1) is 31.2 Å². The van der Waals surface area contributed by atoms with Crippen LogP contribution in [0.15, 0.2) is 18.2 Å². The monoisotopic (exact) mass is 552 g/mol. The Hall–Kier alpha value is -2.92. The maximum absolute atomic E-state index is 13.2. The number of carbonyl (C=O) groups excluding carboxylic acids is 2. The van der Waals surface area contributed by atoms with Gasteiger partial charge in [0.2, 0.25) is 5.91 Å². The van der Waals surface area contributed by atoms with Crippen LogP contribution in [0.25, 0.3) is 0 Å². The van der Waals surface area contributed by atoms with Gasteiger partial charge in [-0.1, -0.05) is 26.0 Å². The molecule has 3 saturated carbocycles. The fourth-order valence-electron chi connectivity index (χ4n) is 6.89. The zero-order chi connectivity index (χ0) is 29.0. The van der Waals surface area contributed by atoms with Crippen molar-refractivity contribution in [1.29, 1.82) is 0 Å². The number of hydrogen-bond acceptors (Lipinski definition) is 8. The fourth-order valence-corrected chi connectivity index (χ4v) is 6.89. The van der Waals surface area contributed by atoms with Crippen molar-refractivity contribution >= 4 is 19.0 Å². The molecule has 40 heavy (non-hydrogen) atoms. The summed E-state index contributed by atoms with van der Waals surface area (Å²) in [5.41, 5.74) is 0.171. The molecule has 2 heterocycles. The molecular weight excluding hydrogens is 511 g/mol. The highest BCUT2D eigenvalue weighted by Crippen LogP contribution is 2.65. The van der Waals surface area contributed by atoms with Crippen LogP contribution in [-0.2, 0) is 31.7 Å². The Balaban J connectivity index is 1.42. The molecule has 0 radical (unpaired) electrons. The van der Waals surface area contributed by atoms with Crippen LogP contribution in [0, 0.1) is 24.2 Å². The smallest absolute Gasteiger partial charge is 0.482 e. The molecule has 6 rings (SSSR count). The van der Waals surface area contributed by atoms with E-state index in [0.717, 1.165) is 18.4 Å². The number of methoxy groups -OCH3 is 1. The van der Waals surface area contributed by atoms with Crippen LogP contribution in [0.2, 0.25) is 0 Å². The first-order valence-corrected chi connectivity index (χ1v) is 14.1. The van der Waals surface area contributed by atoms with E-state index in [0.29, 0.717) is 41.2 Å². The number of aryl methyl sites for hydroxylation is 1. The predicted octanol–water partition coefficient (Wildman–Crippen LogP) is 3.61. The number of ether oxygens (including phenoxy) is 2. The van der Waals surface area contributed by atoms with Gasteiger partial charge >= 0.3 is 13.1 Å². The van der Waals surface area contributed by atoms with Gasteiger partial charge in [0.1, 0.15) is 28.6 Å². The molecule has 1 aromatic heterocycles. The molecule has 5 atom stereocenters. The van der Waals surface area contributed by atoms with Crippen molar-refractivity contribution in [2.24, 2.45) is 17.3 Å². The van der Waals surface area contributed by atoms with Gasteiger partial charge in [-0.25, -0.2) is 4.79 Å². The third-order valence-electron chi connectivity index (χ3n) is 8.98. The summed E-state index contributed by atoms with van der Waals surface area (Å²) in [6.45, 7) is 14.0. The Morgan fingerprint density at radius 3 is 2.60 bits per heavy atom. The summed E-state index contributed by atoms with van der Waals surface area (Å²) in [6.07, 6.45) is 2.39. The summed E-state index contributed by atoms with van der Waals surface area (Å²) < 4.78 is 24.6. The molecule has 11 heteroatoms. The topological polar surface area (TPSA) is 125 Å². The van der Waals surface area contributed by atoms with E-state index in [1.807, 2.05) is 26.8 Å². The quantitative estimate of drug-likeness (QED) is 0.376. The molecule has 2 N–H and O–H groups in total. The molecule has 0 unspecified atom stereocenters. The lowest BCUT2D eigenvalue weighted by atomic mass is 9.43. The van der Waals surface area contributed by atoms with E-state index in [-0.39, 0.29) is 23.8 Å². The van der Waals surface area contributed by atoms with Crippen LogP contribution < -0.4 is 10.1 Å². The molecule has 1 aromatic carbocycles. The predicted molar refractivity (Wildman–Crippen MR) is 149 cm³/mol.